The molecule has 0 aliphatic carbocycles. The molecular weight excluding hydrogens is 554 g/mol. The van der Waals surface area contributed by atoms with Crippen LogP contribution in [0.25, 0.3) is 0 Å². The number of nitrogens with zero attached hydrogens (tertiary/aromatic N) is 2. The van der Waals surface area contributed by atoms with Crippen LogP contribution in [0.3, 0.4) is 0 Å². The van der Waals surface area contributed by atoms with Crippen LogP contribution in [0.15, 0.2) is 72.8 Å². The lowest BCUT2D eigenvalue weighted by Gasteiger charge is -2.33. The molecule has 0 saturated carbocycles. The van der Waals surface area contributed by atoms with Crippen molar-refractivity contribution in [3.8, 4) is 11.5 Å². The van der Waals surface area contributed by atoms with Crippen LogP contribution in [0.1, 0.15) is 24.5 Å². The van der Waals surface area contributed by atoms with Crippen LogP contribution < -0.4 is 19.1 Å². The zero-order chi connectivity index (χ0) is 28.7. The Balaban J connectivity index is 1.72. The third-order valence-corrected chi connectivity index (χ3v) is 7.95. The summed E-state index contributed by atoms with van der Waals surface area (Å²) in [6.07, 6.45) is 1.97. The number of halogens is 1. The Hall–Kier alpha value is -3.76. The Labute approximate surface area is 239 Å². The summed E-state index contributed by atoms with van der Waals surface area (Å²) in [5, 5.41) is 3.34. The van der Waals surface area contributed by atoms with Gasteiger partial charge < -0.3 is 19.7 Å². The third kappa shape index (κ3) is 7.25. The van der Waals surface area contributed by atoms with Crippen LogP contribution in [-0.2, 0) is 32.6 Å². The predicted octanol–water partition coefficient (Wildman–Crippen LogP) is 4.00. The molecule has 0 saturated heterocycles. The Morgan fingerprint density at radius 3 is 2.40 bits per heavy atom. The van der Waals surface area contributed by atoms with E-state index in [0.29, 0.717) is 35.1 Å². The molecule has 1 atom stereocenters. The van der Waals surface area contributed by atoms with E-state index in [2.05, 4.69) is 5.32 Å². The molecule has 0 bridgehead atoms. The minimum atomic E-state index is -3.90. The van der Waals surface area contributed by atoms with E-state index in [1.54, 1.807) is 36.4 Å². The van der Waals surface area contributed by atoms with Gasteiger partial charge in [-0.15, -0.1) is 0 Å². The van der Waals surface area contributed by atoms with Gasteiger partial charge in [-0.25, -0.2) is 8.42 Å². The Bertz CT molecular complexity index is 1450. The fourth-order valence-electron chi connectivity index (χ4n) is 4.38. The van der Waals surface area contributed by atoms with Crippen molar-refractivity contribution in [2.45, 2.75) is 32.4 Å². The standard InChI is InChI=1S/C29H32ClN3O6S/c1-3-15-31-29(35)25(16-21-9-5-4-6-10-21)32(18-22-11-7-8-12-24(22)30)28(34)19-33(40(2,36)37)23-13-14-26-27(17-23)39-20-38-26/h4-14,17,25H,3,15-16,18-20H2,1-2H3,(H,31,35)/t25-/m0/s1. The van der Waals surface area contributed by atoms with Gasteiger partial charge >= 0.3 is 0 Å². The molecule has 40 heavy (non-hydrogen) atoms. The average Bonchev–Trinajstić information content (AvgIpc) is 3.41. The zero-order valence-corrected chi connectivity index (χ0v) is 24.0. The van der Waals surface area contributed by atoms with Crippen LogP contribution in [-0.4, -0.2) is 57.3 Å². The first-order valence-electron chi connectivity index (χ1n) is 12.9. The van der Waals surface area contributed by atoms with Gasteiger partial charge in [0.1, 0.15) is 12.6 Å². The molecule has 3 aromatic carbocycles. The largest absolute Gasteiger partial charge is 0.454 e. The van der Waals surface area contributed by atoms with Crippen molar-refractivity contribution in [1.29, 1.82) is 0 Å². The third-order valence-electron chi connectivity index (χ3n) is 6.44. The molecule has 11 heteroatoms. The highest BCUT2D eigenvalue weighted by Crippen LogP contribution is 2.36. The molecule has 0 radical (unpaired) electrons. The highest BCUT2D eigenvalue weighted by molar-refractivity contribution is 7.92. The van der Waals surface area contributed by atoms with Crippen molar-refractivity contribution in [2.75, 3.05) is 30.4 Å². The van der Waals surface area contributed by atoms with Gasteiger partial charge in [0, 0.05) is 30.6 Å². The van der Waals surface area contributed by atoms with Crippen molar-refractivity contribution in [1.82, 2.24) is 10.2 Å². The monoisotopic (exact) mass is 585 g/mol. The Kier molecular flexibility index (Phi) is 9.54. The minimum absolute atomic E-state index is 0.00823. The topological polar surface area (TPSA) is 105 Å². The SMILES string of the molecule is CCCNC(=O)[C@H](Cc1ccccc1)N(Cc1ccccc1Cl)C(=O)CN(c1ccc2c(c1)OCO2)S(C)(=O)=O. The molecule has 0 unspecified atom stereocenters. The van der Waals surface area contributed by atoms with Crippen molar-refractivity contribution >= 4 is 39.1 Å². The van der Waals surface area contributed by atoms with E-state index in [0.717, 1.165) is 16.1 Å². The number of benzene rings is 3. The van der Waals surface area contributed by atoms with Gasteiger partial charge in [-0.2, -0.15) is 0 Å². The van der Waals surface area contributed by atoms with Gasteiger partial charge in [-0.05, 0) is 35.7 Å². The van der Waals surface area contributed by atoms with E-state index in [9.17, 15) is 18.0 Å². The lowest BCUT2D eigenvalue weighted by Crippen LogP contribution is -2.53. The minimum Gasteiger partial charge on any atom is -0.454 e. The quantitative estimate of drug-likeness (QED) is 0.344. The molecule has 1 N–H and O–H groups in total. The molecular formula is C29H32ClN3O6S. The average molecular weight is 586 g/mol. The molecule has 1 aliphatic heterocycles. The van der Waals surface area contributed by atoms with Crippen LogP contribution in [0.4, 0.5) is 5.69 Å². The number of rotatable bonds is 12. The first-order valence-corrected chi connectivity index (χ1v) is 15.1. The van der Waals surface area contributed by atoms with Gasteiger partial charge in [0.05, 0.1) is 11.9 Å². The number of ether oxygens (including phenoxy) is 2. The molecule has 1 heterocycles. The van der Waals surface area contributed by atoms with Crippen LogP contribution >= 0.6 is 11.6 Å². The molecule has 1 aliphatic rings. The highest BCUT2D eigenvalue weighted by Gasteiger charge is 2.33. The summed E-state index contributed by atoms with van der Waals surface area (Å²) in [5.41, 5.74) is 1.73. The highest BCUT2D eigenvalue weighted by atomic mass is 35.5. The van der Waals surface area contributed by atoms with Gasteiger partial charge in [-0.3, -0.25) is 13.9 Å². The van der Waals surface area contributed by atoms with Crippen molar-refractivity contribution in [3.63, 3.8) is 0 Å². The molecule has 0 aromatic heterocycles. The van der Waals surface area contributed by atoms with E-state index in [-0.39, 0.29) is 31.4 Å². The number of carbonyl (C=O) groups excluding carboxylic acids is 2. The molecule has 0 fully saturated rings. The lowest BCUT2D eigenvalue weighted by molar-refractivity contribution is -0.140. The number of nitrogens with one attached hydrogen (secondary N) is 1. The molecule has 9 nitrogen and oxygen atoms in total. The molecule has 212 valence electrons. The van der Waals surface area contributed by atoms with Crippen molar-refractivity contribution in [2.24, 2.45) is 0 Å². The van der Waals surface area contributed by atoms with Gasteiger partial charge in [0.15, 0.2) is 11.5 Å². The Morgan fingerprint density at radius 1 is 1.00 bits per heavy atom. The molecule has 2 amide bonds. The first kappa shape index (κ1) is 29.2. The van der Waals surface area contributed by atoms with E-state index in [4.69, 9.17) is 21.1 Å². The van der Waals surface area contributed by atoms with Crippen LogP contribution in [0, 0.1) is 0 Å². The molecule has 0 spiro atoms. The maximum absolute atomic E-state index is 14.1. The molecule has 4 rings (SSSR count). The van der Waals surface area contributed by atoms with Crippen molar-refractivity contribution in [3.05, 3.63) is 88.9 Å². The number of carbonyl (C=O) groups is 2. The maximum atomic E-state index is 14.1. The molecule has 3 aromatic rings. The maximum Gasteiger partial charge on any atom is 0.244 e. The van der Waals surface area contributed by atoms with Gasteiger partial charge in [0.2, 0.25) is 28.6 Å². The number of hydrogen-bond donors (Lipinski definition) is 1. The zero-order valence-electron chi connectivity index (χ0n) is 22.4. The van der Waals surface area contributed by atoms with Crippen molar-refractivity contribution < 1.29 is 27.5 Å². The lowest BCUT2D eigenvalue weighted by atomic mass is 10.0. The van der Waals surface area contributed by atoms with E-state index < -0.39 is 28.5 Å². The van der Waals surface area contributed by atoms with E-state index in [1.165, 1.54) is 11.0 Å². The van der Waals surface area contributed by atoms with E-state index in [1.807, 2.05) is 37.3 Å². The summed E-state index contributed by atoms with van der Waals surface area (Å²) in [5.74, 6) is -0.0255. The number of hydrogen-bond acceptors (Lipinski definition) is 6. The summed E-state index contributed by atoms with van der Waals surface area (Å²) < 4.78 is 37.6. The fourth-order valence-corrected chi connectivity index (χ4v) is 5.42. The number of fused-ring (bicyclic) bond motifs is 1. The summed E-state index contributed by atoms with van der Waals surface area (Å²) in [6, 6.07) is 20.2. The normalized spacial score (nSPS) is 13.0. The van der Waals surface area contributed by atoms with Gasteiger partial charge in [0.25, 0.3) is 0 Å². The summed E-state index contributed by atoms with van der Waals surface area (Å²) in [7, 11) is -3.90. The summed E-state index contributed by atoms with van der Waals surface area (Å²) >= 11 is 6.46. The second-order valence-electron chi connectivity index (χ2n) is 9.42. The second-order valence-corrected chi connectivity index (χ2v) is 11.7. The van der Waals surface area contributed by atoms with Crippen LogP contribution in [0.5, 0.6) is 11.5 Å². The second kappa shape index (κ2) is 13.1. The smallest absolute Gasteiger partial charge is 0.244 e. The number of anilines is 1. The Morgan fingerprint density at radius 2 is 1.70 bits per heavy atom. The fraction of sp³-hybridized carbons (Fsp3) is 0.310. The van der Waals surface area contributed by atoms with Crippen LogP contribution in [0.2, 0.25) is 5.02 Å². The predicted molar refractivity (Wildman–Crippen MR) is 154 cm³/mol. The number of amides is 2. The first-order chi connectivity index (χ1) is 19.2. The summed E-state index contributed by atoms with van der Waals surface area (Å²) in [4.78, 5) is 29.0. The van der Waals surface area contributed by atoms with Gasteiger partial charge in [-0.1, -0.05) is 67.1 Å². The van der Waals surface area contributed by atoms with E-state index >= 15 is 0 Å². The number of sulfonamides is 1. The summed E-state index contributed by atoms with van der Waals surface area (Å²) in [6.45, 7) is 1.87.